The van der Waals surface area contributed by atoms with Crippen molar-refractivity contribution < 1.29 is 9.13 Å². The van der Waals surface area contributed by atoms with Gasteiger partial charge in [0.2, 0.25) is 5.75 Å². The summed E-state index contributed by atoms with van der Waals surface area (Å²) in [6.07, 6.45) is 1.18. The third-order valence-corrected chi connectivity index (χ3v) is 1.81. The number of ether oxygens (including phenoxy) is 1. The van der Waals surface area contributed by atoms with Gasteiger partial charge >= 0.3 is 0 Å². The van der Waals surface area contributed by atoms with Gasteiger partial charge < -0.3 is 10.5 Å². The van der Waals surface area contributed by atoms with Crippen LogP contribution in [0.3, 0.4) is 0 Å². The standard InChI is InChI=1S/C10H8FN3O2/c11-6-2-1-3-7(4-6)16-8-5-13-10(12)14-9(8)15/h1-5H,(H3,12,13,14,15). The number of hydrogen-bond acceptors (Lipinski definition) is 4. The van der Waals surface area contributed by atoms with E-state index in [1.54, 1.807) is 0 Å². The Bertz CT molecular complexity index is 568. The van der Waals surface area contributed by atoms with Crippen molar-refractivity contribution in [1.82, 2.24) is 9.97 Å². The summed E-state index contributed by atoms with van der Waals surface area (Å²) in [4.78, 5) is 17.3. The fourth-order valence-electron chi connectivity index (χ4n) is 1.13. The molecule has 6 heteroatoms. The zero-order valence-corrected chi connectivity index (χ0v) is 8.11. The topological polar surface area (TPSA) is 81.0 Å². The lowest BCUT2D eigenvalue weighted by Gasteiger charge is -2.03. The van der Waals surface area contributed by atoms with Crippen LogP contribution in [-0.2, 0) is 0 Å². The molecular formula is C10H8FN3O2. The van der Waals surface area contributed by atoms with Gasteiger partial charge in [0.25, 0.3) is 5.56 Å². The van der Waals surface area contributed by atoms with Gasteiger partial charge in [-0.05, 0) is 12.1 Å². The number of aromatic amines is 1. The summed E-state index contributed by atoms with van der Waals surface area (Å²) in [5.74, 6) is -0.272. The zero-order chi connectivity index (χ0) is 11.5. The lowest BCUT2D eigenvalue weighted by Crippen LogP contribution is -2.12. The van der Waals surface area contributed by atoms with Gasteiger partial charge in [0, 0.05) is 6.07 Å². The second kappa shape index (κ2) is 4.01. The molecule has 16 heavy (non-hydrogen) atoms. The Morgan fingerprint density at radius 1 is 1.44 bits per heavy atom. The Hall–Kier alpha value is -2.37. The zero-order valence-electron chi connectivity index (χ0n) is 8.11. The average Bonchev–Trinajstić information content (AvgIpc) is 2.22. The van der Waals surface area contributed by atoms with Gasteiger partial charge in [-0.25, -0.2) is 9.37 Å². The maximum absolute atomic E-state index is 12.8. The summed E-state index contributed by atoms with van der Waals surface area (Å²) in [5, 5.41) is 0. The minimum Gasteiger partial charge on any atom is -0.450 e. The van der Waals surface area contributed by atoms with Gasteiger partial charge in [0.15, 0.2) is 5.95 Å². The first-order chi connectivity index (χ1) is 7.65. The highest BCUT2D eigenvalue weighted by molar-refractivity contribution is 5.30. The predicted molar refractivity (Wildman–Crippen MR) is 55.7 cm³/mol. The quantitative estimate of drug-likeness (QED) is 0.800. The maximum Gasteiger partial charge on any atom is 0.295 e. The maximum atomic E-state index is 12.8. The van der Waals surface area contributed by atoms with Crippen LogP contribution in [0.2, 0.25) is 0 Å². The fourth-order valence-corrected chi connectivity index (χ4v) is 1.13. The molecule has 0 saturated carbocycles. The number of anilines is 1. The van der Waals surface area contributed by atoms with Crippen LogP contribution in [-0.4, -0.2) is 9.97 Å². The van der Waals surface area contributed by atoms with Crippen LogP contribution in [0.15, 0.2) is 35.3 Å². The van der Waals surface area contributed by atoms with Crippen molar-refractivity contribution in [1.29, 1.82) is 0 Å². The van der Waals surface area contributed by atoms with Gasteiger partial charge in [-0.2, -0.15) is 0 Å². The monoisotopic (exact) mass is 221 g/mol. The number of nitrogens with zero attached hydrogens (tertiary/aromatic N) is 1. The van der Waals surface area contributed by atoms with Gasteiger partial charge in [-0.1, -0.05) is 6.07 Å². The van der Waals surface area contributed by atoms with Crippen LogP contribution < -0.4 is 16.0 Å². The van der Waals surface area contributed by atoms with Gasteiger partial charge in [0.1, 0.15) is 11.6 Å². The lowest BCUT2D eigenvalue weighted by molar-refractivity contribution is 0.467. The van der Waals surface area contributed by atoms with E-state index in [4.69, 9.17) is 10.5 Å². The van der Waals surface area contributed by atoms with Crippen molar-refractivity contribution in [2.75, 3.05) is 5.73 Å². The van der Waals surface area contributed by atoms with E-state index in [1.807, 2.05) is 0 Å². The van der Waals surface area contributed by atoms with Crippen LogP contribution in [0, 0.1) is 5.82 Å². The molecule has 0 amide bonds. The fraction of sp³-hybridized carbons (Fsp3) is 0. The third-order valence-electron chi connectivity index (χ3n) is 1.81. The highest BCUT2D eigenvalue weighted by Crippen LogP contribution is 2.17. The normalized spacial score (nSPS) is 10.1. The summed E-state index contributed by atoms with van der Waals surface area (Å²) in [7, 11) is 0. The second-order valence-electron chi connectivity index (χ2n) is 3.02. The SMILES string of the molecule is Nc1ncc(Oc2cccc(F)c2)c(=O)[nH]1. The van der Waals surface area contributed by atoms with Crippen LogP contribution in [0.25, 0.3) is 0 Å². The first-order valence-corrected chi connectivity index (χ1v) is 4.43. The summed E-state index contributed by atoms with van der Waals surface area (Å²) < 4.78 is 18.0. The first-order valence-electron chi connectivity index (χ1n) is 4.43. The number of halogens is 1. The molecule has 0 aliphatic rings. The molecule has 0 saturated heterocycles. The van der Waals surface area contributed by atoms with Gasteiger partial charge in [0.05, 0.1) is 6.20 Å². The number of rotatable bonds is 2. The van der Waals surface area contributed by atoms with E-state index in [2.05, 4.69) is 9.97 Å². The van der Waals surface area contributed by atoms with E-state index < -0.39 is 11.4 Å². The number of nitrogen functional groups attached to an aromatic ring is 1. The van der Waals surface area contributed by atoms with Gasteiger partial charge in [-0.3, -0.25) is 9.78 Å². The van der Waals surface area contributed by atoms with Crippen molar-refractivity contribution in [2.24, 2.45) is 0 Å². The van der Waals surface area contributed by atoms with E-state index in [0.717, 1.165) is 6.07 Å². The molecule has 0 aliphatic carbocycles. The van der Waals surface area contributed by atoms with E-state index in [9.17, 15) is 9.18 Å². The van der Waals surface area contributed by atoms with Crippen molar-refractivity contribution in [3.05, 3.63) is 46.6 Å². The molecule has 2 aromatic rings. The molecule has 82 valence electrons. The highest BCUT2D eigenvalue weighted by atomic mass is 19.1. The lowest BCUT2D eigenvalue weighted by atomic mass is 10.3. The van der Waals surface area contributed by atoms with E-state index >= 15 is 0 Å². The number of nitrogens with two attached hydrogens (primary N) is 1. The molecular weight excluding hydrogens is 213 g/mol. The second-order valence-corrected chi connectivity index (χ2v) is 3.02. The molecule has 1 aromatic heterocycles. The van der Waals surface area contributed by atoms with E-state index in [0.29, 0.717) is 0 Å². The largest absolute Gasteiger partial charge is 0.450 e. The Balaban J connectivity index is 2.31. The summed E-state index contributed by atoms with van der Waals surface area (Å²) in [6.45, 7) is 0. The van der Waals surface area contributed by atoms with Crippen molar-refractivity contribution in [2.45, 2.75) is 0 Å². The third kappa shape index (κ3) is 2.17. The number of H-pyrrole nitrogens is 1. The van der Waals surface area contributed by atoms with Crippen LogP contribution in [0.4, 0.5) is 10.3 Å². The molecule has 0 aliphatic heterocycles. The first kappa shape index (κ1) is 10.2. The predicted octanol–water partition coefficient (Wildman–Crippen LogP) is 1.28. The molecule has 5 nitrogen and oxygen atoms in total. The molecule has 2 rings (SSSR count). The van der Waals surface area contributed by atoms with Crippen LogP contribution in [0.1, 0.15) is 0 Å². The number of benzene rings is 1. The molecule has 0 atom stereocenters. The molecule has 0 unspecified atom stereocenters. The van der Waals surface area contributed by atoms with Crippen LogP contribution in [0.5, 0.6) is 11.5 Å². The number of aromatic nitrogens is 2. The van der Waals surface area contributed by atoms with Gasteiger partial charge in [-0.15, -0.1) is 0 Å². The molecule has 0 spiro atoms. The van der Waals surface area contributed by atoms with Crippen molar-refractivity contribution in [3.63, 3.8) is 0 Å². The smallest absolute Gasteiger partial charge is 0.295 e. The Kier molecular flexibility index (Phi) is 2.55. The molecule has 0 fully saturated rings. The Labute approximate surface area is 89.7 Å². The number of nitrogens with one attached hydrogen (secondary N) is 1. The highest BCUT2D eigenvalue weighted by Gasteiger charge is 2.04. The molecule has 0 bridgehead atoms. The summed E-state index contributed by atoms with van der Waals surface area (Å²) in [6, 6.07) is 5.44. The summed E-state index contributed by atoms with van der Waals surface area (Å²) >= 11 is 0. The number of hydrogen-bond donors (Lipinski definition) is 2. The molecule has 0 radical (unpaired) electrons. The minimum atomic E-state index is -0.517. The molecule has 1 heterocycles. The molecule has 3 N–H and O–H groups in total. The Morgan fingerprint density at radius 3 is 2.94 bits per heavy atom. The van der Waals surface area contributed by atoms with Crippen LogP contribution >= 0.6 is 0 Å². The molecule has 1 aromatic carbocycles. The van der Waals surface area contributed by atoms with Crippen molar-refractivity contribution >= 4 is 5.95 Å². The summed E-state index contributed by atoms with van der Waals surface area (Å²) in [5.41, 5.74) is 4.75. The van der Waals surface area contributed by atoms with Crippen molar-refractivity contribution in [3.8, 4) is 11.5 Å². The Morgan fingerprint density at radius 2 is 2.25 bits per heavy atom. The minimum absolute atomic E-state index is 0.00316. The van der Waals surface area contributed by atoms with E-state index in [-0.39, 0.29) is 17.4 Å². The average molecular weight is 221 g/mol. The van der Waals surface area contributed by atoms with E-state index in [1.165, 1.54) is 24.4 Å².